The van der Waals surface area contributed by atoms with Gasteiger partial charge in [0.05, 0.1) is 22.6 Å². The minimum absolute atomic E-state index is 0.208. The van der Waals surface area contributed by atoms with E-state index in [2.05, 4.69) is 89.0 Å². The Balaban J connectivity index is 1.50. The summed E-state index contributed by atoms with van der Waals surface area (Å²) in [7, 11) is 0. The predicted octanol–water partition coefficient (Wildman–Crippen LogP) is 8.43. The van der Waals surface area contributed by atoms with Gasteiger partial charge in [-0.15, -0.1) is 0 Å². The Morgan fingerprint density at radius 1 is 1.07 bits per heavy atom. The molecule has 0 saturated heterocycles. The molecule has 1 atom stereocenters. The van der Waals surface area contributed by atoms with Crippen molar-refractivity contribution in [3.8, 4) is 16.9 Å². The van der Waals surface area contributed by atoms with Crippen molar-refractivity contribution in [3.63, 3.8) is 0 Å². The molecule has 5 rings (SSSR count). The average molecular weight is 562 g/mol. The van der Waals surface area contributed by atoms with Crippen molar-refractivity contribution < 1.29 is 4.79 Å². The summed E-state index contributed by atoms with van der Waals surface area (Å²) in [6.07, 6.45) is 12.9. The number of allylic oxidation sites excluding steroid dienone is 4. The number of nitrogens with zero attached hydrogens (tertiary/aromatic N) is 5. The van der Waals surface area contributed by atoms with Gasteiger partial charge >= 0.3 is 0 Å². The van der Waals surface area contributed by atoms with Crippen LogP contribution in [-0.4, -0.2) is 30.8 Å². The standard InChI is InChI=1S/C36H43N5O/c1-8-9-11-24(4)25(5)20-40-21-31-30(12-10-13-33(31)38-40)36-35(23(2)3)27(7)41(39-36)34-19-18-32(37-26(34)6)29-16-14-28(22-42)15-17-29/h8-13,18-19,21-23,25,28-29H,1,4,14-17,20H2,2-3,5-7H3/b11-9-. The van der Waals surface area contributed by atoms with Crippen molar-refractivity contribution in [1.29, 1.82) is 0 Å². The summed E-state index contributed by atoms with van der Waals surface area (Å²) in [5, 5.41) is 11.3. The van der Waals surface area contributed by atoms with Crippen LogP contribution in [0.5, 0.6) is 0 Å². The second kappa shape index (κ2) is 12.4. The van der Waals surface area contributed by atoms with E-state index in [4.69, 9.17) is 15.2 Å². The third kappa shape index (κ3) is 5.80. The molecule has 0 aliphatic heterocycles. The summed E-state index contributed by atoms with van der Waals surface area (Å²) in [5.41, 5.74) is 9.58. The molecular weight excluding hydrogens is 518 g/mol. The van der Waals surface area contributed by atoms with Gasteiger partial charge < -0.3 is 4.79 Å². The highest BCUT2D eigenvalue weighted by Crippen LogP contribution is 2.38. The summed E-state index contributed by atoms with van der Waals surface area (Å²) in [6, 6.07) is 10.6. The maximum absolute atomic E-state index is 11.2. The van der Waals surface area contributed by atoms with Gasteiger partial charge in [0.1, 0.15) is 6.29 Å². The minimum atomic E-state index is 0.208. The first kappa shape index (κ1) is 29.4. The van der Waals surface area contributed by atoms with Gasteiger partial charge in [0, 0.05) is 58.4 Å². The molecule has 0 spiro atoms. The first-order chi connectivity index (χ1) is 20.2. The Morgan fingerprint density at radius 2 is 1.83 bits per heavy atom. The van der Waals surface area contributed by atoms with Crippen molar-refractivity contribution in [2.24, 2.45) is 11.8 Å². The summed E-state index contributed by atoms with van der Waals surface area (Å²) in [5.74, 6) is 1.16. The van der Waals surface area contributed by atoms with E-state index in [9.17, 15) is 4.79 Å². The quantitative estimate of drug-likeness (QED) is 0.144. The zero-order valence-corrected chi connectivity index (χ0v) is 25.7. The number of carbonyl (C=O) groups is 1. The van der Waals surface area contributed by atoms with Crippen LogP contribution in [-0.2, 0) is 11.3 Å². The number of carbonyl (C=O) groups excluding carboxylic acids is 1. The van der Waals surface area contributed by atoms with Gasteiger partial charge in [-0.1, -0.05) is 69.9 Å². The molecule has 1 aromatic carbocycles. The lowest BCUT2D eigenvalue weighted by Gasteiger charge is -2.25. The molecule has 3 heterocycles. The molecule has 1 saturated carbocycles. The van der Waals surface area contributed by atoms with Gasteiger partial charge in [-0.2, -0.15) is 10.2 Å². The van der Waals surface area contributed by atoms with E-state index in [1.807, 2.05) is 16.8 Å². The van der Waals surface area contributed by atoms with Gasteiger partial charge in [-0.05, 0) is 63.6 Å². The van der Waals surface area contributed by atoms with Gasteiger partial charge in [0.2, 0.25) is 0 Å². The van der Waals surface area contributed by atoms with Gasteiger partial charge in [0.25, 0.3) is 0 Å². The number of pyridine rings is 1. The SMILES string of the molecule is C=C/C=C\C(=C)C(C)Cn1cc2c(-c3nn(-c4ccc(C5CCC(C=O)CC5)nc4C)c(C)c3C(C)C)cccc2n1. The molecule has 0 bridgehead atoms. The zero-order valence-electron chi connectivity index (χ0n) is 25.7. The predicted molar refractivity (Wildman–Crippen MR) is 172 cm³/mol. The van der Waals surface area contributed by atoms with E-state index < -0.39 is 0 Å². The van der Waals surface area contributed by atoms with E-state index in [1.165, 1.54) is 5.56 Å². The number of fused-ring (bicyclic) bond motifs is 1. The number of hydrogen-bond acceptors (Lipinski definition) is 4. The average Bonchev–Trinajstić information content (AvgIpc) is 3.56. The van der Waals surface area contributed by atoms with Crippen molar-refractivity contribution in [2.75, 3.05) is 0 Å². The molecule has 0 radical (unpaired) electrons. The Morgan fingerprint density at radius 3 is 2.50 bits per heavy atom. The number of hydrogen-bond donors (Lipinski definition) is 0. The van der Waals surface area contributed by atoms with Gasteiger partial charge in [-0.3, -0.25) is 9.67 Å². The van der Waals surface area contributed by atoms with Crippen LogP contribution in [0, 0.1) is 25.7 Å². The Labute approximate surface area is 249 Å². The molecule has 0 N–H and O–H groups in total. The third-order valence-electron chi connectivity index (χ3n) is 8.82. The highest BCUT2D eigenvalue weighted by Gasteiger charge is 2.25. The topological polar surface area (TPSA) is 65.6 Å². The van der Waals surface area contributed by atoms with Gasteiger partial charge in [0.15, 0.2) is 0 Å². The lowest BCUT2D eigenvalue weighted by atomic mass is 9.81. The van der Waals surface area contributed by atoms with Crippen molar-refractivity contribution >= 4 is 17.2 Å². The van der Waals surface area contributed by atoms with Crippen LogP contribution in [0.15, 0.2) is 73.5 Å². The molecule has 1 unspecified atom stereocenters. The normalized spacial score (nSPS) is 18.1. The Bertz CT molecular complexity index is 1640. The molecule has 1 aliphatic rings. The van der Waals surface area contributed by atoms with Crippen LogP contribution in [0.4, 0.5) is 0 Å². The number of aryl methyl sites for hydroxylation is 1. The van der Waals surface area contributed by atoms with Crippen molar-refractivity contribution in [1.82, 2.24) is 24.5 Å². The van der Waals surface area contributed by atoms with Crippen LogP contribution >= 0.6 is 0 Å². The lowest BCUT2D eigenvalue weighted by Crippen LogP contribution is -2.15. The van der Waals surface area contributed by atoms with Gasteiger partial charge in [-0.25, -0.2) is 4.68 Å². The molecule has 218 valence electrons. The smallest absolute Gasteiger partial charge is 0.123 e. The second-order valence-electron chi connectivity index (χ2n) is 12.2. The number of aldehydes is 1. The first-order valence-electron chi connectivity index (χ1n) is 15.2. The fourth-order valence-electron chi connectivity index (χ4n) is 6.36. The molecule has 1 fully saturated rings. The molecular formula is C36H43N5O. The van der Waals surface area contributed by atoms with Crippen molar-refractivity contribution in [3.05, 3.63) is 96.1 Å². The van der Waals surface area contributed by atoms with E-state index >= 15 is 0 Å². The lowest BCUT2D eigenvalue weighted by molar-refractivity contribution is -0.111. The first-order valence-corrected chi connectivity index (χ1v) is 15.2. The van der Waals surface area contributed by atoms with Crippen molar-refractivity contribution in [2.45, 2.75) is 78.7 Å². The molecule has 6 heteroatoms. The summed E-state index contributed by atoms with van der Waals surface area (Å²) < 4.78 is 4.10. The monoisotopic (exact) mass is 561 g/mol. The summed E-state index contributed by atoms with van der Waals surface area (Å²) >= 11 is 0. The molecule has 1 aliphatic carbocycles. The minimum Gasteiger partial charge on any atom is -0.303 e. The maximum atomic E-state index is 11.2. The van der Waals surface area contributed by atoms with E-state index in [0.29, 0.717) is 11.8 Å². The van der Waals surface area contributed by atoms with Crippen LogP contribution in [0.1, 0.15) is 80.9 Å². The van der Waals surface area contributed by atoms with Crippen LogP contribution in [0.2, 0.25) is 0 Å². The highest BCUT2D eigenvalue weighted by atomic mass is 16.1. The van der Waals surface area contributed by atoms with E-state index in [-0.39, 0.29) is 11.8 Å². The molecule has 6 nitrogen and oxygen atoms in total. The Kier molecular flexibility index (Phi) is 8.72. The van der Waals surface area contributed by atoms with E-state index in [1.54, 1.807) is 6.08 Å². The number of aromatic nitrogens is 5. The maximum Gasteiger partial charge on any atom is 0.123 e. The summed E-state index contributed by atoms with van der Waals surface area (Å²) in [4.78, 5) is 16.3. The largest absolute Gasteiger partial charge is 0.303 e. The molecule has 42 heavy (non-hydrogen) atoms. The van der Waals surface area contributed by atoms with Crippen LogP contribution in [0.3, 0.4) is 0 Å². The fourth-order valence-corrected chi connectivity index (χ4v) is 6.36. The van der Waals surface area contributed by atoms with Crippen LogP contribution < -0.4 is 0 Å². The number of benzene rings is 1. The fraction of sp³-hybridized carbons (Fsp3) is 0.389. The van der Waals surface area contributed by atoms with E-state index in [0.717, 1.165) is 89.0 Å². The molecule has 3 aromatic heterocycles. The number of rotatable bonds is 10. The third-order valence-corrected chi connectivity index (χ3v) is 8.82. The zero-order chi connectivity index (χ0) is 30.0. The van der Waals surface area contributed by atoms with Crippen LogP contribution in [0.25, 0.3) is 27.8 Å². The second-order valence-corrected chi connectivity index (χ2v) is 12.2. The Hall–Kier alpha value is -4.06. The molecule has 4 aromatic rings. The molecule has 0 amide bonds. The highest BCUT2D eigenvalue weighted by molar-refractivity contribution is 5.94. The summed E-state index contributed by atoms with van der Waals surface area (Å²) in [6.45, 7) is 19.6.